The van der Waals surface area contributed by atoms with Gasteiger partial charge in [0, 0.05) is 17.5 Å². The van der Waals surface area contributed by atoms with Crippen LogP contribution in [0.4, 0.5) is 5.13 Å². The van der Waals surface area contributed by atoms with Crippen molar-refractivity contribution in [2.45, 2.75) is 0 Å². The van der Waals surface area contributed by atoms with E-state index >= 15 is 0 Å². The summed E-state index contributed by atoms with van der Waals surface area (Å²) in [6.07, 6.45) is 3.48. The van der Waals surface area contributed by atoms with Crippen molar-refractivity contribution in [3.63, 3.8) is 0 Å². The molecule has 1 saturated carbocycles. The maximum atomic E-state index is 12.3. The van der Waals surface area contributed by atoms with Gasteiger partial charge in [-0.1, -0.05) is 17.4 Å². The normalized spacial score (nSPS) is 24.8. The van der Waals surface area contributed by atoms with Gasteiger partial charge < -0.3 is 10.1 Å². The Kier molecular flexibility index (Phi) is 3.11. The number of carbonyl (C=O) groups excluding carboxylic acids is 1. The second kappa shape index (κ2) is 5.32. The second-order valence-corrected chi connectivity index (χ2v) is 7.25. The summed E-state index contributed by atoms with van der Waals surface area (Å²) in [5.74, 6) is 0.991. The van der Waals surface area contributed by atoms with Crippen molar-refractivity contribution >= 4 is 33.3 Å². The Bertz CT molecular complexity index is 931. The van der Waals surface area contributed by atoms with Crippen LogP contribution in [-0.2, 0) is 9.53 Å². The molecule has 3 atom stereocenters. The van der Waals surface area contributed by atoms with Gasteiger partial charge in [0.05, 0.1) is 29.8 Å². The first-order valence-electron chi connectivity index (χ1n) is 7.86. The van der Waals surface area contributed by atoms with E-state index in [0.29, 0.717) is 30.2 Å². The highest BCUT2D eigenvalue weighted by Gasteiger charge is 2.58. The Balaban J connectivity index is 1.35. The van der Waals surface area contributed by atoms with Gasteiger partial charge in [-0.3, -0.25) is 4.79 Å². The molecule has 120 valence electrons. The number of thiazole rings is 1. The predicted molar refractivity (Wildman–Crippen MR) is 90.6 cm³/mol. The molecule has 0 radical (unpaired) electrons. The van der Waals surface area contributed by atoms with Crippen LogP contribution in [0.3, 0.4) is 0 Å². The summed E-state index contributed by atoms with van der Waals surface area (Å²) in [6, 6.07) is 7.94. The van der Waals surface area contributed by atoms with Crippen molar-refractivity contribution in [3.05, 3.63) is 36.7 Å². The molecular weight excluding hydrogens is 324 g/mol. The smallest absolute Gasteiger partial charge is 0.230 e. The van der Waals surface area contributed by atoms with Gasteiger partial charge in [-0.25, -0.2) is 4.98 Å². The van der Waals surface area contributed by atoms with Crippen molar-refractivity contribution < 1.29 is 9.53 Å². The highest BCUT2D eigenvalue weighted by Crippen LogP contribution is 2.51. The maximum Gasteiger partial charge on any atom is 0.230 e. The van der Waals surface area contributed by atoms with Gasteiger partial charge in [0.15, 0.2) is 5.13 Å². The van der Waals surface area contributed by atoms with Crippen molar-refractivity contribution in [1.82, 2.24) is 15.2 Å². The number of anilines is 1. The molecule has 5 rings (SSSR count). The van der Waals surface area contributed by atoms with Crippen LogP contribution in [0.5, 0.6) is 0 Å². The van der Waals surface area contributed by atoms with Crippen molar-refractivity contribution in [1.29, 1.82) is 0 Å². The third kappa shape index (κ3) is 2.28. The van der Waals surface area contributed by atoms with Crippen molar-refractivity contribution in [2.75, 3.05) is 18.5 Å². The van der Waals surface area contributed by atoms with Crippen molar-refractivity contribution in [3.8, 4) is 10.4 Å². The molecular formula is C17H14N4O2S. The average molecular weight is 338 g/mol. The van der Waals surface area contributed by atoms with Crippen LogP contribution in [0.25, 0.3) is 21.3 Å². The van der Waals surface area contributed by atoms with E-state index in [4.69, 9.17) is 4.74 Å². The molecule has 2 aromatic heterocycles. The van der Waals surface area contributed by atoms with Crippen LogP contribution in [0.15, 0.2) is 36.7 Å². The lowest BCUT2D eigenvalue weighted by Gasteiger charge is -2.03. The molecule has 2 aliphatic rings. The summed E-state index contributed by atoms with van der Waals surface area (Å²) in [6.45, 7) is 1.43. The summed E-state index contributed by atoms with van der Waals surface area (Å²) in [4.78, 5) is 17.7. The minimum Gasteiger partial charge on any atom is -0.381 e. The van der Waals surface area contributed by atoms with Crippen LogP contribution < -0.4 is 5.32 Å². The second-order valence-electron chi connectivity index (χ2n) is 6.21. The van der Waals surface area contributed by atoms with Crippen LogP contribution in [0.2, 0.25) is 0 Å². The fourth-order valence-electron chi connectivity index (χ4n) is 3.42. The molecule has 0 bridgehead atoms. The van der Waals surface area contributed by atoms with E-state index in [9.17, 15) is 4.79 Å². The Labute approximate surface area is 141 Å². The highest BCUT2D eigenvalue weighted by atomic mass is 32.1. The largest absolute Gasteiger partial charge is 0.381 e. The number of nitrogens with zero attached hydrogens (tertiary/aromatic N) is 3. The van der Waals surface area contributed by atoms with Gasteiger partial charge in [0.25, 0.3) is 0 Å². The number of hydrogen-bond acceptors (Lipinski definition) is 6. The van der Waals surface area contributed by atoms with Crippen molar-refractivity contribution in [2.24, 2.45) is 17.8 Å². The molecule has 1 aromatic carbocycles. The maximum absolute atomic E-state index is 12.3. The molecule has 1 N–H and O–H groups in total. The third-order valence-electron chi connectivity index (χ3n) is 4.79. The molecule has 3 heterocycles. The van der Waals surface area contributed by atoms with Gasteiger partial charge in [0.1, 0.15) is 0 Å². The van der Waals surface area contributed by atoms with E-state index in [1.54, 1.807) is 12.4 Å². The number of nitrogens with one attached hydrogen (secondary N) is 1. The van der Waals surface area contributed by atoms with Gasteiger partial charge >= 0.3 is 0 Å². The first-order chi connectivity index (χ1) is 11.8. The highest BCUT2D eigenvalue weighted by molar-refractivity contribution is 7.19. The molecule has 1 aliphatic heterocycles. The number of rotatable bonds is 3. The quantitative estimate of drug-likeness (QED) is 0.794. The number of hydrogen-bond donors (Lipinski definition) is 1. The number of fused-ring (bicyclic) bond motifs is 2. The molecule has 7 heteroatoms. The molecule has 1 amide bonds. The molecule has 1 saturated heterocycles. The number of ether oxygens (including phenoxy) is 1. The Hall–Kier alpha value is -2.38. The topological polar surface area (TPSA) is 77.0 Å². The van der Waals surface area contributed by atoms with E-state index in [1.807, 2.05) is 18.2 Å². The molecule has 2 fully saturated rings. The number of carbonyl (C=O) groups is 1. The van der Waals surface area contributed by atoms with Gasteiger partial charge in [-0.05, 0) is 35.6 Å². The molecule has 3 aromatic rings. The molecule has 1 aliphatic carbocycles. The van der Waals surface area contributed by atoms with Crippen LogP contribution >= 0.6 is 11.3 Å². The fourth-order valence-corrected chi connectivity index (χ4v) is 4.24. The zero-order valence-corrected chi connectivity index (χ0v) is 13.5. The monoisotopic (exact) mass is 338 g/mol. The van der Waals surface area contributed by atoms with E-state index in [1.165, 1.54) is 11.3 Å². The zero-order valence-electron chi connectivity index (χ0n) is 12.7. The van der Waals surface area contributed by atoms with Crippen LogP contribution in [0.1, 0.15) is 0 Å². The summed E-state index contributed by atoms with van der Waals surface area (Å²) in [5, 5.41) is 12.6. The molecule has 1 unspecified atom stereocenters. The predicted octanol–water partition coefficient (Wildman–Crippen LogP) is 2.58. The number of amides is 1. The number of benzene rings is 1. The van der Waals surface area contributed by atoms with E-state index in [-0.39, 0.29) is 11.8 Å². The summed E-state index contributed by atoms with van der Waals surface area (Å²) in [7, 11) is 0. The van der Waals surface area contributed by atoms with E-state index < -0.39 is 0 Å². The first-order valence-corrected chi connectivity index (χ1v) is 8.67. The molecule has 24 heavy (non-hydrogen) atoms. The summed E-state index contributed by atoms with van der Waals surface area (Å²) < 4.78 is 5.33. The minimum atomic E-state index is 0.0722. The van der Waals surface area contributed by atoms with E-state index in [2.05, 4.69) is 26.6 Å². The Morgan fingerprint density at radius 2 is 2.12 bits per heavy atom. The summed E-state index contributed by atoms with van der Waals surface area (Å²) in [5.41, 5.74) is 1.92. The van der Waals surface area contributed by atoms with E-state index in [0.717, 1.165) is 21.3 Å². The fraction of sp³-hybridized carbons (Fsp3) is 0.294. The third-order valence-corrected chi connectivity index (χ3v) is 5.75. The lowest BCUT2D eigenvalue weighted by atomic mass is 10.1. The molecule has 0 spiro atoms. The van der Waals surface area contributed by atoms with Gasteiger partial charge in [-0.2, -0.15) is 10.2 Å². The van der Waals surface area contributed by atoms with Gasteiger partial charge in [0.2, 0.25) is 5.91 Å². The first kappa shape index (κ1) is 14.0. The molecule has 6 nitrogen and oxygen atoms in total. The standard InChI is InChI=1S/C17H14N4O2S/c22-16(15-11-7-23-8-12(11)15)20-17-18-6-14(24-17)10-1-2-13-9(5-10)3-4-19-21-13/h1-6,11-12,15H,7-8H2,(H,18,20,22)/t11-,12+,15?. The number of aromatic nitrogens is 3. The lowest BCUT2D eigenvalue weighted by molar-refractivity contribution is -0.118. The Morgan fingerprint density at radius 3 is 3.00 bits per heavy atom. The lowest BCUT2D eigenvalue weighted by Crippen LogP contribution is -2.18. The minimum absolute atomic E-state index is 0.0722. The SMILES string of the molecule is O=C(Nc1ncc(-c2ccc3nnccc3c2)s1)C1[C@H]2COC[C@@H]12. The summed E-state index contributed by atoms with van der Waals surface area (Å²) >= 11 is 1.49. The van der Waals surface area contributed by atoms with Crippen LogP contribution in [0, 0.1) is 17.8 Å². The van der Waals surface area contributed by atoms with Gasteiger partial charge in [-0.15, -0.1) is 0 Å². The zero-order chi connectivity index (χ0) is 16.1. The average Bonchev–Trinajstić information content (AvgIpc) is 2.96. The van der Waals surface area contributed by atoms with Crippen LogP contribution in [-0.4, -0.2) is 34.3 Å². The Morgan fingerprint density at radius 1 is 1.25 bits per heavy atom.